The monoisotopic (exact) mass is 559 g/mol. The van der Waals surface area contributed by atoms with Crippen LogP contribution in [0.4, 0.5) is 5.69 Å². The molecule has 1 atom stereocenters. The highest BCUT2D eigenvalue weighted by molar-refractivity contribution is 7.07. The van der Waals surface area contributed by atoms with Gasteiger partial charge >= 0.3 is 5.97 Å². The number of hydrogen-bond acceptors (Lipinski definition) is 9. The zero-order valence-electron chi connectivity index (χ0n) is 22.2. The number of esters is 1. The zero-order valence-corrected chi connectivity index (χ0v) is 23.0. The molecule has 1 aliphatic rings. The van der Waals surface area contributed by atoms with E-state index < -0.39 is 16.9 Å². The van der Waals surface area contributed by atoms with Crippen molar-refractivity contribution < 1.29 is 23.6 Å². The van der Waals surface area contributed by atoms with Crippen molar-refractivity contribution in [2.45, 2.75) is 26.8 Å². The molecule has 2 aromatic carbocycles. The molecule has 5 rings (SSSR count). The molecule has 0 saturated carbocycles. The Hall–Kier alpha value is -4.77. The number of ether oxygens (including phenoxy) is 2. The third-order valence-electron chi connectivity index (χ3n) is 6.55. The molecule has 0 fully saturated rings. The van der Waals surface area contributed by atoms with Gasteiger partial charge in [0.15, 0.2) is 4.80 Å². The van der Waals surface area contributed by atoms with Crippen LogP contribution in [0.3, 0.4) is 0 Å². The number of fused-ring (bicyclic) bond motifs is 1. The molecule has 0 saturated heterocycles. The molecule has 0 bridgehead atoms. The Labute approximate surface area is 232 Å². The molecule has 2 aromatic heterocycles. The van der Waals surface area contributed by atoms with Crippen LogP contribution in [0.5, 0.6) is 5.75 Å². The summed E-state index contributed by atoms with van der Waals surface area (Å²) >= 11 is 1.18. The first-order valence-corrected chi connectivity index (χ1v) is 13.2. The van der Waals surface area contributed by atoms with Crippen LogP contribution in [0.25, 0.3) is 17.4 Å². The van der Waals surface area contributed by atoms with Crippen molar-refractivity contribution in [1.29, 1.82) is 0 Å². The second-order valence-corrected chi connectivity index (χ2v) is 10.0. The van der Waals surface area contributed by atoms with Crippen LogP contribution in [0, 0.1) is 17.0 Å². The number of carbonyl (C=O) groups excluding carboxylic acids is 1. The molecular formula is C29H25N3O7S. The molecular weight excluding hydrogens is 534 g/mol. The van der Waals surface area contributed by atoms with Gasteiger partial charge in [0.2, 0.25) is 0 Å². The molecule has 1 aliphatic heterocycles. The lowest BCUT2D eigenvalue weighted by Crippen LogP contribution is -2.39. The van der Waals surface area contributed by atoms with Crippen LogP contribution in [0.2, 0.25) is 0 Å². The van der Waals surface area contributed by atoms with E-state index in [1.807, 2.05) is 6.92 Å². The summed E-state index contributed by atoms with van der Waals surface area (Å²) in [6.07, 6.45) is 1.61. The maximum atomic E-state index is 13.8. The fraction of sp³-hybridized carbons (Fsp3) is 0.207. The van der Waals surface area contributed by atoms with Gasteiger partial charge in [0, 0.05) is 23.8 Å². The maximum Gasteiger partial charge on any atom is 0.338 e. The minimum Gasteiger partial charge on any atom is -0.497 e. The number of thiazole rings is 1. The topological polar surface area (TPSA) is 126 Å². The summed E-state index contributed by atoms with van der Waals surface area (Å²) in [6.45, 7) is 5.46. The first-order chi connectivity index (χ1) is 19.2. The number of hydrogen-bond donors (Lipinski definition) is 0. The van der Waals surface area contributed by atoms with Gasteiger partial charge in [0.25, 0.3) is 11.2 Å². The van der Waals surface area contributed by atoms with Crippen molar-refractivity contribution in [3.05, 3.63) is 113 Å². The number of aromatic nitrogens is 1. The summed E-state index contributed by atoms with van der Waals surface area (Å²) in [4.78, 5) is 42.6. The molecule has 11 heteroatoms. The molecule has 0 N–H and O–H groups in total. The minimum atomic E-state index is -0.747. The van der Waals surface area contributed by atoms with E-state index in [-0.39, 0.29) is 23.4 Å². The van der Waals surface area contributed by atoms with E-state index in [9.17, 15) is 19.7 Å². The van der Waals surface area contributed by atoms with E-state index in [4.69, 9.17) is 13.9 Å². The van der Waals surface area contributed by atoms with Crippen molar-refractivity contribution >= 4 is 29.1 Å². The van der Waals surface area contributed by atoms with Crippen molar-refractivity contribution in [2.24, 2.45) is 4.99 Å². The molecule has 1 unspecified atom stereocenters. The summed E-state index contributed by atoms with van der Waals surface area (Å²) in [5.74, 6) is 0.939. The number of nitrogens with zero attached hydrogens (tertiary/aromatic N) is 3. The summed E-state index contributed by atoms with van der Waals surface area (Å²) in [5, 5.41) is 11.2. The number of aryl methyl sites for hydroxylation is 1. The van der Waals surface area contributed by atoms with E-state index >= 15 is 0 Å². The van der Waals surface area contributed by atoms with Crippen LogP contribution in [-0.4, -0.2) is 29.2 Å². The molecule has 4 aromatic rings. The number of rotatable bonds is 7. The predicted molar refractivity (Wildman–Crippen MR) is 149 cm³/mol. The first kappa shape index (κ1) is 26.8. The van der Waals surface area contributed by atoms with E-state index in [1.54, 1.807) is 69.5 Å². The molecule has 3 heterocycles. The van der Waals surface area contributed by atoms with Crippen molar-refractivity contribution in [3.63, 3.8) is 0 Å². The number of nitro benzene ring substituents is 1. The quantitative estimate of drug-likeness (QED) is 0.188. The number of furan rings is 1. The Bertz CT molecular complexity index is 1850. The normalized spacial score (nSPS) is 15.0. The molecule has 0 spiro atoms. The molecule has 0 radical (unpaired) electrons. The predicted octanol–water partition coefficient (Wildman–Crippen LogP) is 4.28. The van der Waals surface area contributed by atoms with Gasteiger partial charge in [0.05, 0.1) is 40.5 Å². The molecule has 40 heavy (non-hydrogen) atoms. The lowest BCUT2D eigenvalue weighted by atomic mass is 9.96. The molecule has 0 amide bonds. The second kappa shape index (κ2) is 10.8. The minimum absolute atomic E-state index is 0.0434. The fourth-order valence-corrected chi connectivity index (χ4v) is 5.61. The SMILES string of the molecule is CCOC(=O)C1=C(C)N=c2s/c(=C\c3ccc(-c4cc([N+](=O)[O-])ccc4C)o3)c(=O)n2C1c1ccc(OC)cc1. The van der Waals surface area contributed by atoms with Crippen LogP contribution >= 0.6 is 11.3 Å². The first-order valence-electron chi connectivity index (χ1n) is 12.4. The van der Waals surface area contributed by atoms with Gasteiger partial charge in [-0.25, -0.2) is 9.79 Å². The third-order valence-corrected chi connectivity index (χ3v) is 7.53. The highest BCUT2D eigenvalue weighted by Gasteiger charge is 2.33. The molecule has 0 aliphatic carbocycles. The van der Waals surface area contributed by atoms with Crippen LogP contribution in [-0.2, 0) is 9.53 Å². The summed E-state index contributed by atoms with van der Waals surface area (Å²) < 4.78 is 18.4. The van der Waals surface area contributed by atoms with E-state index in [2.05, 4.69) is 4.99 Å². The zero-order chi connectivity index (χ0) is 28.6. The Morgan fingerprint density at radius 1 is 1.18 bits per heavy atom. The van der Waals surface area contributed by atoms with Gasteiger partial charge in [-0.1, -0.05) is 29.5 Å². The highest BCUT2D eigenvalue weighted by atomic mass is 32.1. The number of nitro groups is 1. The number of methoxy groups -OCH3 is 1. The summed E-state index contributed by atoms with van der Waals surface area (Å²) in [7, 11) is 1.56. The lowest BCUT2D eigenvalue weighted by molar-refractivity contribution is -0.384. The van der Waals surface area contributed by atoms with Crippen molar-refractivity contribution in [2.75, 3.05) is 13.7 Å². The molecule has 204 valence electrons. The van der Waals surface area contributed by atoms with Crippen molar-refractivity contribution in [3.8, 4) is 17.1 Å². The fourth-order valence-electron chi connectivity index (χ4n) is 4.59. The standard InChI is InChI=1S/C29H25N3O7S/c1-5-38-28(34)25-17(3)30-29-31(26(25)18-7-10-20(37-4)11-8-18)27(33)24(40-29)15-21-12-13-23(39-21)22-14-19(32(35)36)9-6-16(22)2/h6-15,26H,5H2,1-4H3/b24-15-. The van der Waals surface area contributed by atoms with Crippen molar-refractivity contribution in [1.82, 2.24) is 4.57 Å². The second-order valence-electron chi connectivity index (χ2n) is 9.03. The van der Waals surface area contributed by atoms with Gasteiger partial charge in [-0.2, -0.15) is 0 Å². The number of allylic oxidation sites excluding steroid dienone is 1. The smallest absolute Gasteiger partial charge is 0.338 e. The van der Waals surface area contributed by atoms with E-state index in [1.165, 1.54) is 28.0 Å². The lowest BCUT2D eigenvalue weighted by Gasteiger charge is -2.24. The van der Waals surface area contributed by atoms with Gasteiger partial charge in [-0.15, -0.1) is 0 Å². The average molecular weight is 560 g/mol. The van der Waals surface area contributed by atoms with E-state index in [0.717, 1.165) is 5.56 Å². The third kappa shape index (κ3) is 4.87. The van der Waals surface area contributed by atoms with Gasteiger partial charge in [-0.05, 0) is 56.2 Å². The maximum absolute atomic E-state index is 13.8. The van der Waals surface area contributed by atoms with Gasteiger partial charge in [0.1, 0.15) is 17.3 Å². The van der Waals surface area contributed by atoms with Crippen LogP contribution in [0.1, 0.15) is 36.8 Å². The summed E-state index contributed by atoms with van der Waals surface area (Å²) in [5.41, 5.74) is 2.46. The summed E-state index contributed by atoms with van der Waals surface area (Å²) in [6, 6.07) is 14.4. The number of carbonyl (C=O) groups is 1. The van der Waals surface area contributed by atoms with Gasteiger partial charge in [-0.3, -0.25) is 19.5 Å². The van der Waals surface area contributed by atoms with Crippen LogP contribution < -0.4 is 19.6 Å². The van der Waals surface area contributed by atoms with Gasteiger partial charge < -0.3 is 13.9 Å². The Morgan fingerprint density at radius 2 is 1.93 bits per heavy atom. The molecule has 10 nitrogen and oxygen atoms in total. The van der Waals surface area contributed by atoms with Crippen LogP contribution in [0.15, 0.2) is 80.1 Å². The average Bonchev–Trinajstić information content (AvgIpc) is 3.52. The Morgan fingerprint density at radius 3 is 2.60 bits per heavy atom. The number of benzene rings is 2. The number of non-ortho nitro benzene ring substituents is 1. The largest absolute Gasteiger partial charge is 0.497 e. The highest BCUT2D eigenvalue weighted by Crippen LogP contribution is 2.32. The van der Waals surface area contributed by atoms with E-state index in [0.29, 0.717) is 43.4 Å². The Balaban J connectivity index is 1.62. The Kier molecular flexibility index (Phi) is 7.22.